The molecule has 0 radical (unpaired) electrons. The quantitative estimate of drug-likeness (QED) is 0.248. The molecule has 4 rings (SSSR count). The van der Waals surface area contributed by atoms with Gasteiger partial charge < -0.3 is 25.0 Å². The first-order valence-corrected chi connectivity index (χ1v) is 14.1. The van der Waals surface area contributed by atoms with Crippen molar-refractivity contribution in [2.45, 2.75) is 27.3 Å². The lowest BCUT2D eigenvalue weighted by molar-refractivity contribution is 0.102. The van der Waals surface area contributed by atoms with Gasteiger partial charge in [0.1, 0.15) is 5.56 Å². The van der Waals surface area contributed by atoms with Gasteiger partial charge in [0.15, 0.2) is 0 Å². The molecule has 226 valence electrons. The number of hydrogen-bond acceptors (Lipinski definition) is 7. The van der Waals surface area contributed by atoms with Gasteiger partial charge in [-0.25, -0.2) is 9.78 Å². The summed E-state index contributed by atoms with van der Waals surface area (Å²) in [6, 6.07) is 14.9. The topological polar surface area (TPSA) is 127 Å². The third-order valence-corrected chi connectivity index (χ3v) is 7.72. The van der Waals surface area contributed by atoms with Crippen LogP contribution in [0.1, 0.15) is 35.3 Å². The summed E-state index contributed by atoms with van der Waals surface area (Å²) < 4.78 is 7.67. The van der Waals surface area contributed by atoms with Crippen LogP contribution in [0, 0.1) is 12.3 Å². The first-order chi connectivity index (χ1) is 20.4. The third-order valence-electron chi connectivity index (χ3n) is 7.32. The van der Waals surface area contributed by atoms with Crippen molar-refractivity contribution < 1.29 is 14.6 Å². The SMILES string of the molecule is COc1nc(-c2cccc(-c3cccc(NC(=O)c4cn(C)c(=O)n(C)c4=O)c3C)c2Cl)ccc1CNCC(C)(C)CO. The number of carbonyl (C=O) groups is 1. The molecule has 0 aliphatic rings. The number of aryl methyl sites for hydroxylation is 1. The number of carbonyl (C=O) groups excluding carboxylic acids is 1. The van der Waals surface area contributed by atoms with Gasteiger partial charge in [0, 0.05) is 67.8 Å². The van der Waals surface area contributed by atoms with E-state index in [0.29, 0.717) is 40.9 Å². The predicted molar refractivity (Wildman–Crippen MR) is 169 cm³/mol. The summed E-state index contributed by atoms with van der Waals surface area (Å²) in [5, 5.41) is 16.1. The number of amides is 1. The van der Waals surface area contributed by atoms with Crippen molar-refractivity contribution in [3.63, 3.8) is 0 Å². The zero-order valence-electron chi connectivity index (χ0n) is 25.1. The van der Waals surface area contributed by atoms with Crippen LogP contribution in [-0.4, -0.2) is 45.4 Å². The summed E-state index contributed by atoms with van der Waals surface area (Å²) in [7, 11) is 4.38. The van der Waals surface area contributed by atoms with E-state index in [1.54, 1.807) is 19.2 Å². The molecule has 0 aliphatic carbocycles. The van der Waals surface area contributed by atoms with Crippen LogP contribution in [0.5, 0.6) is 5.88 Å². The van der Waals surface area contributed by atoms with Crippen molar-refractivity contribution >= 4 is 23.2 Å². The molecule has 0 fully saturated rings. The van der Waals surface area contributed by atoms with Crippen molar-refractivity contribution in [3.05, 3.63) is 97.3 Å². The van der Waals surface area contributed by atoms with Crippen LogP contribution in [0.4, 0.5) is 5.69 Å². The molecule has 43 heavy (non-hydrogen) atoms. The van der Waals surface area contributed by atoms with E-state index in [4.69, 9.17) is 21.3 Å². The molecule has 0 atom stereocenters. The van der Waals surface area contributed by atoms with Crippen LogP contribution in [-0.2, 0) is 20.6 Å². The van der Waals surface area contributed by atoms with Crippen LogP contribution < -0.4 is 26.6 Å². The van der Waals surface area contributed by atoms with Gasteiger partial charge in [-0.05, 0) is 30.2 Å². The number of nitrogens with zero attached hydrogens (tertiary/aromatic N) is 3. The van der Waals surface area contributed by atoms with Crippen molar-refractivity contribution in [1.29, 1.82) is 0 Å². The summed E-state index contributed by atoms with van der Waals surface area (Å²) >= 11 is 6.98. The molecule has 2 aromatic carbocycles. The largest absolute Gasteiger partial charge is 0.481 e. The van der Waals surface area contributed by atoms with Crippen LogP contribution in [0.2, 0.25) is 5.02 Å². The molecule has 0 unspecified atom stereocenters. The minimum Gasteiger partial charge on any atom is -0.481 e. The van der Waals surface area contributed by atoms with E-state index in [1.807, 2.05) is 57.2 Å². The standard InChI is InChI=1S/C32H36ClN5O5/c1-19-21(9-8-12-25(19)35-28(40)24-16-37(4)31(42)38(5)30(24)41)22-10-7-11-23(27(22)33)26-14-13-20(29(36-26)43-6)15-34-17-32(2,3)18-39/h7-14,16,34,39H,15,17-18H2,1-6H3,(H,35,40). The third kappa shape index (κ3) is 6.72. The molecule has 0 saturated heterocycles. The van der Waals surface area contributed by atoms with Gasteiger partial charge in [-0.1, -0.05) is 61.8 Å². The normalized spacial score (nSPS) is 11.4. The Kier molecular flexibility index (Phi) is 9.54. The Bertz CT molecular complexity index is 1790. The average Bonchev–Trinajstić information content (AvgIpc) is 2.99. The number of methoxy groups -OCH3 is 1. The van der Waals surface area contributed by atoms with Gasteiger partial charge >= 0.3 is 5.69 Å². The van der Waals surface area contributed by atoms with E-state index < -0.39 is 17.2 Å². The molecule has 0 bridgehead atoms. The van der Waals surface area contributed by atoms with E-state index in [1.165, 1.54) is 24.9 Å². The average molecular weight is 606 g/mol. The van der Waals surface area contributed by atoms with Crippen molar-refractivity contribution in [1.82, 2.24) is 19.4 Å². The number of halogens is 1. The highest BCUT2D eigenvalue weighted by molar-refractivity contribution is 6.36. The fourth-order valence-corrected chi connectivity index (χ4v) is 5.00. The maximum atomic E-state index is 13.1. The second-order valence-corrected chi connectivity index (χ2v) is 11.6. The molecular weight excluding hydrogens is 570 g/mol. The Morgan fingerprint density at radius 3 is 2.42 bits per heavy atom. The Balaban J connectivity index is 1.64. The van der Waals surface area contributed by atoms with Gasteiger partial charge in [0.25, 0.3) is 11.5 Å². The first-order valence-electron chi connectivity index (χ1n) is 13.7. The van der Waals surface area contributed by atoms with Crippen molar-refractivity contribution in [2.75, 3.05) is 25.6 Å². The summed E-state index contributed by atoms with van der Waals surface area (Å²) in [5.74, 6) is -0.152. The van der Waals surface area contributed by atoms with E-state index in [-0.39, 0.29) is 17.6 Å². The zero-order chi connectivity index (χ0) is 31.5. The molecule has 10 nitrogen and oxygen atoms in total. The van der Waals surface area contributed by atoms with Crippen LogP contribution >= 0.6 is 11.6 Å². The molecule has 1 amide bonds. The number of ether oxygens (including phenoxy) is 1. The monoisotopic (exact) mass is 605 g/mol. The molecule has 0 saturated carbocycles. The lowest BCUT2D eigenvalue weighted by Gasteiger charge is -2.22. The second-order valence-electron chi connectivity index (χ2n) is 11.2. The highest BCUT2D eigenvalue weighted by Crippen LogP contribution is 2.39. The minimum absolute atomic E-state index is 0.0764. The van der Waals surface area contributed by atoms with E-state index in [2.05, 4.69) is 10.6 Å². The zero-order valence-corrected chi connectivity index (χ0v) is 25.9. The summed E-state index contributed by atoms with van der Waals surface area (Å²) in [6.07, 6.45) is 1.23. The maximum absolute atomic E-state index is 13.1. The molecule has 2 heterocycles. The molecule has 4 aromatic rings. The highest BCUT2D eigenvalue weighted by Gasteiger charge is 2.20. The van der Waals surface area contributed by atoms with Crippen LogP contribution in [0.15, 0.2) is 64.3 Å². The van der Waals surface area contributed by atoms with E-state index in [9.17, 15) is 19.5 Å². The number of hydrogen-bond donors (Lipinski definition) is 3. The molecule has 0 aliphatic heterocycles. The van der Waals surface area contributed by atoms with Crippen LogP contribution in [0.25, 0.3) is 22.4 Å². The van der Waals surface area contributed by atoms with Gasteiger partial charge in [-0.3, -0.25) is 14.2 Å². The number of anilines is 1. The fraction of sp³-hybridized carbons (Fsp3) is 0.312. The molecule has 11 heteroatoms. The van der Waals surface area contributed by atoms with Gasteiger partial charge in [-0.2, -0.15) is 0 Å². The fourth-order valence-electron chi connectivity index (χ4n) is 4.68. The van der Waals surface area contributed by atoms with Crippen LogP contribution in [0.3, 0.4) is 0 Å². The van der Waals surface area contributed by atoms with E-state index >= 15 is 0 Å². The molecular formula is C32H36ClN5O5. The lowest BCUT2D eigenvalue weighted by Crippen LogP contribution is -2.40. The number of rotatable bonds is 10. The highest BCUT2D eigenvalue weighted by atomic mass is 35.5. The lowest BCUT2D eigenvalue weighted by atomic mass is 9.95. The number of aromatic nitrogens is 3. The van der Waals surface area contributed by atoms with Gasteiger partial charge in [-0.15, -0.1) is 0 Å². The number of aliphatic hydroxyl groups is 1. The molecule has 3 N–H and O–H groups in total. The number of benzene rings is 2. The Hall–Kier alpha value is -4.25. The minimum atomic E-state index is -0.677. The Morgan fingerprint density at radius 2 is 1.72 bits per heavy atom. The van der Waals surface area contributed by atoms with Gasteiger partial charge in [0.05, 0.1) is 17.8 Å². The first kappa shape index (κ1) is 31.7. The van der Waals surface area contributed by atoms with Gasteiger partial charge in [0.2, 0.25) is 5.88 Å². The predicted octanol–water partition coefficient (Wildman–Crippen LogP) is 4.14. The summed E-state index contributed by atoms with van der Waals surface area (Å²) in [5.41, 5.74) is 3.40. The smallest absolute Gasteiger partial charge is 0.330 e. The second kappa shape index (κ2) is 12.9. The maximum Gasteiger partial charge on any atom is 0.330 e. The Labute approximate surface area is 254 Å². The Morgan fingerprint density at radius 1 is 1.05 bits per heavy atom. The summed E-state index contributed by atoms with van der Waals surface area (Å²) in [6.45, 7) is 7.05. The number of nitrogens with one attached hydrogen (secondary N) is 2. The number of pyridine rings is 1. The van der Waals surface area contributed by atoms with Crippen molar-refractivity contribution in [2.24, 2.45) is 19.5 Å². The number of aliphatic hydroxyl groups excluding tert-OH is 1. The van der Waals surface area contributed by atoms with E-state index in [0.717, 1.165) is 26.8 Å². The molecule has 2 aromatic heterocycles. The van der Waals surface area contributed by atoms with Crippen molar-refractivity contribution in [3.8, 4) is 28.3 Å². The summed E-state index contributed by atoms with van der Waals surface area (Å²) in [4.78, 5) is 42.4. The molecule has 0 spiro atoms.